The van der Waals surface area contributed by atoms with E-state index in [1.807, 2.05) is 6.92 Å². The molecule has 5 nitrogen and oxygen atoms in total. The lowest BCUT2D eigenvalue weighted by Crippen LogP contribution is -2.23. The molecule has 0 aliphatic carbocycles. The van der Waals surface area contributed by atoms with Gasteiger partial charge in [-0.3, -0.25) is 0 Å². The maximum atomic E-state index is 11.5. The summed E-state index contributed by atoms with van der Waals surface area (Å²) in [7, 11) is -2.93. The summed E-state index contributed by atoms with van der Waals surface area (Å²) in [6, 6.07) is 0. The molecule has 0 radical (unpaired) electrons. The molecule has 0 spiro atoms. The van der Waals surface area contributed by atoms with Gasteiger partial charge in [-0.15, -0.1) is 0 Å². The lowest BCUT2D eigenvalue weighted by molar-refractivity contribution is 0.374. The smallest absolute Gasteiger partial charge is 0.201 e. The molecule has 1 fully saturated rings. The second-order valence-electron chi connectivity index (χ2n) is 4.94. The highest BCUT2D eigenvalue weighted by Gasteiger charge is 2.43. The minimum atomic E-state index is -2.93. The molecule has 1 aromatic heterocycles. The van der Waals surface area contributed by atoms with Crippen LogP contribution in [0.25, 0.3) is 0 Å². The first-order valence-corrected chi connectivity index (χ1v) is 7.63. The minimum Gasteiger partial charge on any atom is -0.448 e. The first-order chi connectivity index (χ1) is 7.95. The van der Waals surface area contributed by atoms with Gasteiger partial charge in [0, 0.05) is 0 Å². The van der Waals surface area contributed by atoms with Crippen LogP contribution in [0.1, 0.15) is 31.4 Å². The second kappa shape index (κ2) is 4.42. The lowest BCUT2D eigenvalue weighted by atomic mass is 9.90. The van der Waals surface area contributed by atoms with Crippen LogP contribution in [0, 0.1) is 0 Å². The zero-order chi connectivity index (χ0) is 12.5. The third kappa shape index (κ3) is 2.69. The van der Waals surface area contributed by atoms with E-state index in [9.17, 15) is 8.42 Å². The van der Waals surface area contributed by atoms with E-state index in [0.717, 1.165) is 18.5 Å². The molecule has 2 N–H and O–H groups in total. The van der Waals surface area contributed by atoms with Gasteiger partial charge < -0.3 is 10.2 Å². The molecule has 0 saturated carbocycles. The molecule has 0 aromatic carbocycles. The fourth-order valence-corrected chi connectivity index (χ4v) is 4.31. The van der Waals surface area contributed by atoms with E-state index in [1.54, 1.807) is 6.26 Å². The van der Waals surface area contributed by atoms with E-state index in [1.165, 1.54) is 0 Å². The van der Waals surface area contributed by atoms with Crippen molar-refractivity contribution >= 4 is 9.84 Å². The normalized spacial score (nSPS) is 27.4. The van der Waals surface area contributed by atoms with Crippen LogP contribution in [0.2, 0.25) is 0 Å². The predicted molar refractivity (Wildman–Crippen MR) is 64.5 cm³/mol. The van der Waals surface area contributed by atoms with Crippen molar-refractivity contribution in [1.29, 1.82) is 0 Å². The van der Waals surface area contributed by atoms with Crippen molar-refractivity contribution in [3.63, 3.8) is 0 Å². The van der Waals surface area contributed by atoms with Gasteiger partial charge in [-0.1, -0.05) is 0 Å². The molecule has 1 aliphatic heterocycles. The molecule has 2 heterocycles. The molecule has 17 heavy (non-hydrogen) atoms. The number of hydrogen-bond acceptors (Lipinski definition) is 5. The van der Waals surface area contributed by atoms with Gasteiger partial charge in [0.15, 0.2) is 9.84 Å². The number of nitrogens with two attached hydrogens (primary N) is 1. The van der Waals surface area contributed by atoms with Crippen molar-refractivity contribution < 1.29 is 12.8 Å². The van der Waals surface area contributed by atoms with E-state index in [2.05, 4.69) is 4.98 Å². The zero-order valence-corrected chi connectivity index (χ0v) is 10.8. The summed E-state index contributed by atoms with van der Waals surface area (Å²) in [4.78, 5) is 4.38. The number of aryl methyl sites for hydroxylation is 1. The van der Waals surface area contributed by atoms with Gasteiger partial charge in [0.25, 0.3) is 0 Å². The topological polar surface area (TPSA) is 86.2 Å². The first-order valence-electron chi connectivity index (χ1n) is 5.81. The van der Waals surface area contributed by atoms with Crippen molar-refractivity contribution in [1.82, 2.24) is 4.98 Å². The molecule has 1 aliphatic rings. The molecule has 0 amide bonds. The Morgan fingerprint density at radius 1 is 1.59 bits per heavy atom. The van der Waals surface area contributed by atoms with Crippen LogP contribution in [-0.2, 0) is 21.7 Å². The highest BCUT2D eigenvalue weighted by Crippen LogP contribution is 2.35. The van der Waals surface area contributed by atoms with E-state index in [-0.39, 0.29) is 11.5 Å². The van der Waals surface area contributed by atoms with Crippen molar-refractivity contribution in [3.05, 3.63) is 17.8 Å². The van der Waals surface area contributed by atoms with Crippen LogP contribution < -0.4 is 5.73 Å². The fraction of sp³-hybridized carbons (Fsp3) is 0.727. The van der Waals surface area contributed by atoms with Gasteiger partial charge >= 0.3 is 0 Å². The monoisotopic (exact) mass is 258 g/mol. The first kappa shape index (κ1) is 12.6. The summed E-state index contributed by atoms with van der Waals surface area (Å²) in [5.41, 5.74) is 5.83. The fourth-order valence-electron chi connectivity index (χ4n) is 2.16. The predicted octanol–water partition coefficient (Wildman–Crippen LogP) is 0.642. The summed E-state index contributed by atoms with van der Waals surface area (Å²) in [6.45, 7) is 2.52. The largest absolute Gasteiger partial charge is 0.448 e. The van der Waals surface area contributed by atoms with Gasteiger partial charge in [-0.25, -0.2) is 13.4 Å². The van der Waals surface area contributed by atoms with Crippen LogP contribution in [0.5, 0.6) is 0 Å². The zero-order valence-electron chi connectivity index (χ0n) is 9.98. The molecule has 1 atom stereocenters. The van der Waals surface area contributed by atoms with Crippen LogP contribution in [-0.4, -0.2) is 31.5 Å². The number of rotatable bonds is 4. The summed E-state index contributed by atoms with van der Waals surface area (Å²) < 4.78 is 28.5. The Labute approximate surface area is 101 Å². The van der Waals surface area contributed by atoms with E-state index >= 15 is 0 Å². The molecule has 2 rings (SSSR count). The Balaban J connectivity index is 2.15. The van der Waals surface area contributed by atoms with Crippen LogP contribution in [0.3, 0.4) is 0 Å². The molecular formula is C11H18N2O3S. The van der Waals surface area contributed by atoms with Crippen LogP contribution in [0.4, 0.5) is 0 Å². The number of hydrogen-bond donors (Lipinski definition) is 1. The van der Waals surface area contributed by atoms with Gasteiger partial charge in [-0.2, -0.15) is 0 Å². The maximum absolute atomic E-state index is 11.5. The molecular weight excluding hydrogens is 240 g/mol. The Bertz CT molecular complexity index is 495. The molecule has 1 saturated heterocycles. The standard InChI is InChI=1S/C11H18N2O3S/c1-11(4-6-17(14,15)8-11)10-13-9(7-16-10)3-2-5-12/h7H,2-6,8,12H2,1H3. The molecule has 96 valence electrons. The van der Waals surface area contributed by atoms with E-state index < -0.39 is 15.3 Å². The van der Waals surface area contributed by atoms with Crippen LogP contribution >= 0.6 is 0 Å². The van der Waals surface area contributed by atoms with Crippen molar-refractivity contribution in [2.45, 2.75) is 31.6 Å². The summed E-state index contributed by atoms with van der Waals surface area (Å²) in [5.74, 6) is 0.909. The quantitative estimate of drug-likeness (QED) is 0.856. The summed E-state index contributed by atoms with van der Waals surface area (Å²) >= 11 is 0. The Morgan fingerprint density at radius 3 is 2.94 bits per heavy atom. The van der Waals surface area contributed by atoms with Gasteiger partial charge in [-0.05, 0) is 32.7 Å². The molecule has 0 bridgehead atoms. The average molecular weight is 258 g/mol. The van der Waals surface area contributed by atoms with E-state index in [4.69, 9.17) is 10.2 Å². The summed E-state index contributed by atoms with van der Waals surface area (Å²) in [5, 5.41) is 0. The van der Waals surface area contributed by atoms with Gasteiger partial charge in [0.1, 0.15) is 6.26 Å². The molecule has 1 aromatic rings. The lowest BCUT2D eigenvalue weighted by Gasteiger charge is -2.16. The maximum Gasteiger partial charge on any atom is 0.201 e. The molecule has 6 heteroatoms. The Kier molecular flexibility index (Phi) is 3.27. The Hall–Kier alpha value is -0.880. The number of oxazole rings is 1. The minimum absolute atomic E-state index is 0.136. The number of sulfone groups is 1. The third-order valence-electron chi connectivity index (χ3n) is 3.21. The second-order valence-corrected chi connectivity index (χ2v) is 7.12. The SMILES string of the molecule is CC1(c2nc(CCCN)co2)CCS(=O)(=O)C1. The average Bonchev–Trinajstić information content (AvgIpc) is 2.81. The summed E-state index contributed by atoms with van der Waals surface area (Å²) in [6.07, 6.45) is 3.84. The van der Waals surface area contributed by atoms with Crippen molar-refractivity contribution in [2.24, 2.45) is 5.73 Å². The van der Waals surface area contributed by atoms with Crippen LogP contribution in [0.15, 0.2) is 10.7 Å². The van der Waals surface area contributed by atoms with Gasteiger partial charge in [0.05, 0.1) is 22.6 Å². The van der Waals surface area contributed by atoms with E-state index in [0.29, 0.717) is 18.9 Å². The van der Waals surface area contributed by atoms with Crippen molar-refractivity contribution in [2.75, 3.05) is 18.1 Å². The number of nitrogens with zero attached hydrogens (tertiary/aromatic N) is 1. The highest BCUT2D eigenvalue weighted by atomic mass is 32.2. The molecule has 1 unspecified atom stereocenters. The van der Waals surface area contributed by atoms with Crippen molar-refractivity contribution in [3.8, 4) is 0 Å². The third-order valence-corrected chi connectivity index (χ3v) is 5.11. The number of aromatic nitrogens is 1. The Morgan fingerprint density at radius 2 is 2.35 bits per heavy atom. The van der Waals surface area contributed by atoms with Gasteiger partial charge in [0.2, 0.25) is 5.89 Å². The highest BCUT2D eigenvalue weighted by molar-refractivity contribution is 7.91.